The van der Waals surface area contributed by atoms with Gasteiger partial charge in [-0.2, -0.15) is 0 Å². The normalized spacial score (nSPS) is 14.8. The summed E-state index contributed by atoms with van der Waals surface area (Å²) in [6, 6.07) is 9.34. The molecule has 1 aliphatic heterocycles. The Morgan fingerprint density at radius 1 is 1.12 bits per heavy atom. The number of rotatable bonds is 3. The molecule has 1 aromatic heterocycles. The van der Waals surface area contributed by atoms with E-state index in [1.807, 2.05) is 17.7 Å². The van der Waals surface area contributed by atoms with Gasteiger partial charge in [0, 0.05) is 31.4 Å². The molecule has 7 nitrogen and oxygen atoms in total. The van der Waals surface area contributed by atoms with Gasteiger partial charge >= 0.3 is 0 Å². The minimum atomic E-state index is -0.274. The molecule has 0 bridgehead atoms. The summed E-state index contributed by atoms with van der Waals surface area (Å²) in [6.45, 7) is 3.22. The fourth-order valence-corrected chi connectivity index (χ4v) is 3.33. The van der Waals surface area contributed by atoms with Crippen LogP contribution < -0.4 is 9.64 Å². The molecule has 1 aliphatic rings. The van der Waals surface area contributed by atoms with Gasteiger partial charge in [-0.15, -0.1) is 0 Å². The van der Waals surface area contributed by atoms with Crippen molar-refractivity contribution >= 4 is 16.7 Å². The summed E-state index contributed by atoms with van der Waals surface area (Å²) >= 11 is 0. The molecule has 0 aliphatic carbocycles. The molecule has 2 N–H and O–H groups in total. The number of aromatic nitrogens is 2. The first-order valence-corrected chi connectivity index (χ1v) is 8.48. The summed E-state index contributed by atoms with van der Waals surface area (Å²) in [6.07, 6.45) is 0. The summed E-state index contributed by atoms with van der Waals surface area (Å²) in [7, 11) is 3.38. The molecule has 0 unspecified atom stereocenters. The number of fused-ring (bicyclic) bond motifs is 1. The third-order valence-electron chi connectivity index (χ3n) is 4.77. The Labute approximate surface area is 151 Å². The first kappa shape index (κ1) is 16.5. The maximum atomic E-state index is 9.97. The number of benzene rings is 2. The Morgan fingerprint density at radius 3 is 2.62 bits per heavy atom. The molecule has 1 fully saturated rings. The van der Waals surface area contributed by atoms with Crippen LogP contribution in [0.5, 0.6) is 17.2 Å². The third-order valence-corrected chi connectivity index (χ3v) is 4.77. The molecule has 0 saturated carbocycles. The molecule has 1 saturated heterocycles. The van der Waals surface area contributed by atoms with Crippen molar-refractivity contribution in [2.45, 2.75) is 0 Å². The van der Waals surface area contributed by atoms with Gasteiger partial charge in [-0.1, -0.05) is 0 Å². The van der Waals surface area contributed by atoms with Crippen molar-refractivity contribution in [2.24, 2.45) is 7.05 Å². The van der Waals surface area contributed by atoms with Crippen LogP contribution in [0.25, 0.3) is 22.4 Å². The number of aromatic hydroxyl groups is 2. The number of anilines is 1. The Kier molecular flexibility index (Phi) is 4.08. The Morgan fingerprint density at radius 2 is 1.88 bits per heavy atom. The smallest absolute Gasteiger partial charge is 0.200 e. The lowest BCUT2D eigenvalue weighted by molar-refractivity contribution is 0.122. The maximum absolute atomic E-state index is 9.97. The standard InChI is InChI=1S/C19H21N3O4/c1-21-15-11-13(22-5-7-26-8-6-22)3-4-14(15)20-19(21)12-9-16(23)18(24)17(10-12)25-2/h3-4,9-11,23-24H,5-8H2,1-2H3. The van der Waals surface area contributed by atoms with E-state index >= 15 is 0 Å². The van der Waals surface area contributed by atoms with Crippen LogP contribution in [-0.2, 0) is 11.8 Å². The van der Waals surface area contributed by atoms with Crippen LogP contribution in [0.2, 0.25) is 0 Å². The zero-order valence-corrected chi connectivity index (χ0v) is 14.8. The van der Waals surface area contributed by atoms with Crippen LogP contribution >= 0.6 is 0 Å². The minimum Gasteiger partial charge on any atom is -0.504 e. The lowest BCUT2D eigenvalue weighted by Crippen LogP contribution is -2.36. The molecule has 4 rings (SSSR count). The molecule has 0 amide bonds. The Bertz CT molecular complexity index is 961. The molecular weight excluding hydrogens is 334 g/mol. The number of hydrogen-bond donors (Lipinski definition) is 2. The fraction of sp³-hybridized carbons (Fsp3) is 0.316. The van der Waals surface area contributed by atoms with Crippen molar-refractivity contribution in [2.75, 3.05) is 38.3 Å². The van der Waals surface area contributed by atoms with Crippen LogP contribution in [0, 0.1) is 0 Å². The van der Waals surface area contributed by atoms with Gasteiger partial charge in [0.05, 0.1) is 31.4 Å². The molecule has 3 aromatic rings. The summed E-state index contributed by atoms with van der Waals surface area (Å²) in [5.74, 6) is 0.388. The van der Waals surface area contributed by atoms with Gasteiger partial charge in [0.25, 0.3) is 0 Å². The number of phenolic OH excluding ortho intramolecular Hbond substituents is 2. The largest absolute Gasteiger partial charge is 0.504 e. The van der Waals surface area contributed by atoms with E-state index in [4.69, 9.17) is 9.47 Å². The zero-order valence-electron chi connectivity index (χ0n) is 14.8. The van der Waals surface area contributed by atoms with Gasteiger partial charge in [0.1, 0.15) is 5.82 Å². The fourth-order valence-electron chi connectivity index (χ4n) is 3.33. The van der Waals surface area contributed by atoms with Crippen LogP contribution in [-0.4, -0.2) is 53.2 Å². The average Bonchev–Trinajstić information content (AvgIpc) is 3.01. The molecule has 7 heteroatoms. The van der Waals surface area contributed by atoms with Gasteiger partial charge in [-0.25, -0.2) is 4.98 Å². The molecule has 2 heterocycles. The molecule has 2 aromatic carbocycles. The van der Waals surface area contributed by atoms with E-state index in [-0.39, 0.29) is 17.2 Å². The number of methoxy groups -OCH3 is 1. The van der Waals surface area contributed by atoms with Crippen molar-refractivity contribution < 1.29 is 19.7 Å². The predicted molar refractivity (Wildman–Crippen MR) is 99.1 cm³/mol. The summed E-state index contributed by atoms with van der Waals surface area (Å²) in [5.41, 5.74) is 3.67. The maximum Gasteiger partial charge on any atom is 0.200 e. The first-order valence-electron chi connectivity index (χ1n) is 8.48. The van der Waals surface area contributed by atoms with Crippen molar-refractivity contribution in [3.63, 3.8) is 0 Å². The quantitative estimate of drug-likeness (QED) is 0.703. The van der Waals surface area contributed by atoms with Crippen molar-refractivity contribution in [3.8, 4) is 28.6 Å². The lowest BCUT2D eigenvalue weighted by Gasteiger charge is -2.28. The van der Waals surface area contributed by atoms with Crippen molar-refractivity contribution in [1.29, 1.82) is 0 Å². The number of phenols is 2. The SMILES string of the molecule is COc1cc(-c2nc3ccc(N4CCOCC4)cc3n2C)cc(O)c1O. The van der Waals surface area contributed by atoms with Gasteiger partial charge < -0.3 is 29.2 Å². The Hall–Kier alpha value is -2.93. The summed E-state index contributed by atoms with van der Waals surface area (Å²) in [5, 5.41) is 19.8. The number of morpholine rings is 1. The second-order valence-corrected chi connectivity index (χ2v) is 6.31. The van der Waals surface area contributed by atoms with Gasteiger partial charge in [-0.3, -0.25) is 0 Å². The van der Waals surface area contributed by atoms with Crippen LogP contribution in [0.4, 0.5) is 5.69 Å². The lowest BCUT2D eigenvalue weighted by atomic mass is 10.1. The van der Waals surface area contributed by atoms with E-state index in [0.29, 0.717) is 11.4 Å². The monoisotopic (exact) mass is 355 g/mol. The zero-order chi connectivity index (χ0) is 18.3. The second kappa shape index (κ2) is 6.42. The molecule has 0 radical (unpaired) electrons. The highest BCUT2D eigenvalue weighted by molar-refractivity contribution is 5.84. The second-order valence-electron chi connectivity index (χ2n) is 6.31. The molecule has 26 heavy (non-hydrogen) atoms. The average molecular weight is 355 g/mol. The van der Waals surface area contributed by atoms with Gasteiger partial charge in [0.15, 0.2) is 11.5 Å². The Balaban J connectivity index is 1.79. The van der Waals surface area contributed by atoms with E-state index in [1.165, 1.54) is 13.2 Å². The van der Waals surface area contributed by atoms with E-state index in [9.17, 15) is 10.2 Å². The van der Waals surface area contributed by atoms with Crippen LogP contribution in [0.1, 0.15) is 0 Å². The molecular formula is C19H21N3O4. The molecule has 0 spiro atoms. The number of hydrogen-bond acceptors (Lipinski definition) is 6. The number of imidazole rings is 1. The summed E-state index contributed by atoms with van der Waals surface area (Å²) < 4.78 is 12.5. The van der Waals surface area contributed by atoms with Crippen molar-refractivity contribution in [3.05, 3.63) is 30.3 Å². The van der Waals surface area contributed by atoms with Gasteiger partial charge in [-0.05, 0) is 30.3 Å². The highest BCUT2D eigenvalue weighted by atomic mass is 16.5. The number of nitrogens with zero attached hydrogens (tertiary/aromatic N) is 3. The summed E-state index contributed by atoms with van der Waals surface area (Å²) in [4.78, 5) is 6.98. The third kappa shape index (κ3) is 2.70. The number of aryl methyl sites for hydroxylation is 1. The topological polar surface area (TPSA) is 80.0 Å². The van der Waals surface area contributed by atoms with E-state index in [2.05, 4.69) is 22.0 Å². The van der Waals surface area contributed by atoms with Crippen LogP contribution in [0.3, 0.4) is 0 Å². The number of ether oxygens (including phenoxy) is 2. The predicted octanol–water partition coefficient (Wildman–Crippen LogP) is 2.50. The molecule has 0 atom stereocenters. The van der Waals surface area contributed by atoms with Crippen LogP contribution in [0.15, 0.2) is 30.3 Å². The minimum absolute atomic E-state index is 0.209. The highest BCUT2D eigenvalue weighted by Gasteiger charge is 2.17. The first-order chi connectivity index (χ1) is 12.6. The molecule has 136 valence electrons. The van der Waals surface area contributed by atoms with E-state index in [1.54, 1.807) is 6.07 Å². The highest BCUT2D eigenvalue weighted by Crippen LogP contribution is 2.40. The van der Waals surface area contributed by atoms with Crippen molar-refractivity contribution in [1.82, 2.24) is 9.55 Å². The van der Waals surface area contributed by atoms with Gasteiger partial charge in [0.2, 0.25) is 5.75 Å². The van der Waals surface area contributed by atoms with E-state index in [0.717, 1.165) is 43.0 Å². The van der Waals surface area contributed by atoms with E-state index < -0.39 is 0 Å².